The molecule has 2 aromatic carbocycles. The average molecular weight is 356 g/mol. The van der Waals surface area contributed by atoms with Gasteiger partial charge in [-0.2, -0.15) is 0 Å². The highest BCUT2D eigenvalue weighted by Crippen LogP contribution is 2.31. The Bertz CT molecular complexity index is 806. The molecule has 3 rings (SSSR count). The summed E-state index contributed by atoms with van der Waals surface area (Å²) < 4.78 is 40.4. The maximum Gasteiger partial charge on any atom is 0.240 e. The van der Waals surface area contributed by atoms with Crippen LogP contribution in [0.1, 0.15) is 11.1 Å². The van der Waals surface area contributed by atoms with Crippen molar-refractivity contribution in [3.05, 3.63) is 58.4 Å². The number of hydrogen-bond donors (Lipinski definition) is 2. The van der Waals surface area contributed by atoms with Crippen LogP contribution in [0.2, 0.25) is 5.02 Å². The van der Waals surface area contributed by atoms with Gasteiger partial charge in [0.05, 0.1) is 4.90 Å². The smallest absolute Gasteiger partial charge is 0.240 e. The zero-order chi connectivity index (χ0) is 16.6. The van der Waals surface area contributed by atoms with Gasteiger partial charge in [-0.25, -0.2) is 17.5 Å². The van der Waals surface area contributed by atoms with Crippen molar-refractivity contribution in [3.63, 3.8) is 0 Å². The van der Waals surface area contributed by atoms with Crippen LogP contribution in [0.15, 0.2) is 41.3 Å². The van der Waals surface area contributed by atoms with Crippen LogP contribution in [0.5, 0.6) is 5.75 Å². The predicted molar refractivity (Wildman–Crippen MR) is 85.6 cm³/mol. The summed E-state index contributed by atoms with van der Waals surface area (Å²) in [5.41, 5.74) is 1.68. The summed E-state index contributed by atoms with van der Waals surface area (Å²) in [7, 11) is -3.60. The number of phenolic OH excluding ortho intramolecular Hbond substituents is 1. The van der Waals surface area contributed by atoms with Crippen molar-refractivity contribution in [1.29, 1.82) is 0 Å². The lowest BCUT2D eigenvalue weighted by molar-refractivity contribution is 0.431. The first-order valence-electron chi connectivity index (χ1n) is 7.10. The van der Waals surface area contributed by atoms with Crippen LogP contribution in [0.25, 0.3) is 0 Å². The fraction of sp³-hybridized carbons (Fsp3) is 0.250. The van der Waals surface area contributed by atoms with Gasteiger partial charge in [0.2, 0.25) is 10.0 Å². The molecule has 0 saturated heterocycles. The summed E-state index contributed by atoms with van der Waals surface area (Å²) in [6.07, 6.45) is 1.18. The molecule has 2 aromatic rings. The fourth-order valence-electron chi connectivity index (χ4n) is 2.79. The predicted octanol–water partition coefficient (Wildman–Crippen LogP) is 2.88. The molecule has 0 aromatic heterocycles. The van der Waals surface area contributed by atoms with Crippen molar-refractivity contribution in [2.75, 3.05) is 6.54 Å². The molecule has 0 fully saturated rings. The highest BCUT2D eigenvalue weighted by Gasteiger charge is 2.25. The number of aromatic hydroxyl groups is 1. The number of nitrogens with one attached hydrogen (secondary N) is 1. The summed E-state index contributed by atoms with van der Waals surface area (Å²) in [6.45, 7) is 0.252. The van der Waals surface area contributed by atoms with E-state index in [1.165, 1.54) is 36.4 Å². The Balaban J connectivity index is 1.67. The first kappa shape index (κ1) is 16.2. The van der Waals surface area contributed by atoms with E-state index < -0.39 is 15.8 Å². The van der Waals surface area contributed by atoms with Crippen LogP contribution in [0, 0.1) is 11.7 Å². The summed E-state index contributed by atoms with van der Waals surface area (Å²) in [6, 6.07) is 8.67. The molecule has 7 heteroatoms. The topological polar surface area (TPSA) is 66.4 Å². The average Bonchev–Trinajstić information content (AvgIpc) is 2.88. The molecule has 0 spiro atoms. The molecule has 0 aliphatic heterocycles. The molecule has 0 amide bonds. The molecule has 1 unspecified atom stereocenters. The molecule has 1 atom stereocenters. The first-order valence-corrected chi connectivity index (χ1v) is 8.97. The van der Waals surface area contributed by atoms with Gasteiger partial charge in [-0.1, -0.05) is 11.6 Å². The molecule has 0 saturated carbocycles. The minimum absolute atomic E-state index is 0.0354. The minimum atomic E-state index is -3.60. The van der Waals surface area contributed by atoms with Crippen LogP contribution >= 0.6 is 11.6 Å². The largest absolute Gasteiger partial charge is 0.505 e. The number of phenols is 1. The van der Waals surface area contributed by atoms with E-state index in [0.717, 1.165) is 11.1 Å². The lowest BCUT2D eigenvalue weighted by Crippen LogP contribution is -2.29. The molecule has 1 aliphatic carbocycles. The van der Waals surface area contributed by atoms with Crippen LogP contribution in [0.3, 0.4) is 0 Å². The van der Waals surface area contributed by atoms with Crippen LogP contribution in [-0.2, 0) is 22.9 Å². The zero-order valence-corrected chi connectivity index (χ0v) is 13.7. The second-order valence-corrected chi connectivity index (χ2v) is 7.86. The third-order valence-electron chi connectivity index (χ3n) is 3.97. The maximum absolute atomic E-state index is 13.4. The lowest BCUT2D eigenvalue weighted by Gasteiger charge is -2.11. The second-order valence-electron chi connectivity index (χ2n) is 5.65. The second kappa shape index (κ2) is 6.11. The maximum atomic E-state index is 13.4. The van der Waals surface area contributed by atoms with Crippen molar-refractivity contribution in [2.45, 2.75) is 17.7 Å². The molecule has 0 heterocycles. The van der Waals surface area contributed by atoms with Crippen molar-refractivity contribution >= 4 is 21.6 Å². The number of benzene rings is 2. The van der Waals surface area contributed by atoms with Gasteiger partial charge in [-0.3, -0.25) is 0 Å². The Labute approximate surface area is 139 Å². The van der Waals surface area contributed by atoms with E-state index in [1.807, 2.05) is 0 Å². The van der Waals surface area contributed by atoms with Crippen molar-refractivity contribution in [2.24, 2.45) is 5.92 Å². The summed E-state index contributed by atoms with van der Waals surface area (Å²) in [4.78, 5) is 0.154. The van der Waals surface area contributed by atoms with E-state index in [-0.39, 0.29) is 23.1 Å². The minimum Gasteiger partial charge on any atom is -0.505 e. The fourth-order valence-corrected chi connectivity index (χ4v) is 4.03. The van der Waals surface area contributed by atoms with Gasteiger partial charge in [0.25, 0.3) is 0 Å². The third kappa shape index (κ3) is 3.49. The third-order valence-corrected chi connectivity index (χ3v) is 5.66. The zero-order valence-electron chi connectivity index (χ0n) is 12.1. The SMILES string of the molecule is O=S(=O)(NCC1Cc2cc(O)c(F)cc2C1)c1ccc(Cl)cc1. The van der Waals surface area contributed by atoms with Crippen molar-refractivity contribution < 1.29 is 17.9 Å². The van der Waals surface area contributed by atoms with Gasteiger partial charge < -0.3 is 5.11 Å². The Morgan fingerprint density at radius 2 is 1.78 bits per heavy atom. The highest BCUT2D eigenvalue weighted by molar-refractivity contribution is 7.89. The molecule has 4 nitrogen and oxygen atoms in total. The van der Waals surface area contributed by atoms with E-state index in [9.17, 15) is 17.9 Å². The highest BCUT2D eigenvalue weighted by atomic mass is 35.5. The van der Waals surface area contributed by atoms with E-state index >= 15 is 0 Å². The number of hydrogen-bond acceptors (Lipinski definition) is 3. The van der Waals surface area contributed by atoms with Gasteiger partial charge in [0.15, 0.2) is 11.6 Å². The number of rotatable bonds is 4. The first-order chi connectivity index (χ1) is 10.8. The lowest BCUT2D eigenvalue weighted by atomic mass is 10.1. The van der Waals surface area contributed by atoms with E-state index in [1.54, 1.807) is 0 Å². The molecule has 122 valence electrons. The van der Waals surface area contributed by atoms with E-state index in [0.29, 0.717) is 17.9 Å². The van der Waals surface area contributed by atoms with Gasteiger partial charge in [0, 0.05) is 11.6 Å². The standard InChI is InChI=1S/C16H15ClFNO3S/c17-13-1-3-14(4-2-13)23(21,22)19-9-10-5-11-7-15(18)16(20)8-12(11)6-10/h1-4,7-8,10,19-20H,5-6,9H2. The molecule has 0 radical (unpaired) electrons. The van der Waals surface area contributed by atoms with Crippen molar-refractivity contribution in [1.82, 2.24) is 4.72 Å². The van der Waals surface area contributed by atoms with Crippen LogP contribution in [0.4, 0.5) is 4.39 Å². The molecule has 1 aliphatic rings. The number of sulfonamides is 1. The Kier molecular flexibility index (Phi) is 4.31. The van der Waals surface area contributed by atoms with Gasteiger partial charge in [0.1, 0.15) is 0 Å². The van der Waals surface area contributed by atoms with Gasteiger partial charge in [-0.05, 0) is 66.3 Å². The quantitative estimate of drug-likeness (QED) is 0.886. The molecule has 2 N–H and O–H groups in total. The Hall–Kier alpha value is -1.63. The number of fused-ring (bicyclic) bond motifs is 1. The summed E-state index contributed by atoms with van der Waals surface area (Å²) >= 11 is 5.75. The van der Waals surface area contributed by atoms with Gasteiger partial charge in [-0.15, -0.1) is 0 Å². The number of halogens is 2. The molecule has 23 heavy (non-hydrogen) atoms. The molecule has 0 bridgehead atoms. The molecular formula is C16H15ClFNO3S. The normalized spacial score (nSPS) is 17.2. The monoisotopic (exact) mass is 355 g/mol. The van der Waals surface area contributed by atoms with Crippen LogP contribution in [-0.4, -0.2) is 20.1 Å². The van der Waals surface area contributed by atoms with E-state index in [2.05, 4.69) is 4.72 Å². The van der Waals surface area contributed by atoms with Crippen LogP contribution < -0.4 is 4.72 Å². The summed E-state index contributed by atoms with van der Waals surface area (Å²) in [5.74, 6) is -0.981. The Morgan fingerprint density at radius 3 is 2.43 bits per heavy atom. The summed E-state index contributed by atoms with van der Waals surface area (Å²) in [5, 5.41) is 9.87. The molecular weight excluding hydrogens is 341 g/mol. The Morgan fingerprint density at radius 1 is 1.17 bits per heavy atom. The van der Waals surface area contributed by atoms with Gasteiger partial charge >= 0.3 is 0 Å². The van der Waals surface area contributed by atoms with E-state index in [4.69, 9.17) is 11.6 Å². The van der Waals surface area contributed by atoms with Crippen molar-refractivity contribution in [3.8, 4) is 5.75 Å².